The third kappa shape index (κ3) is 3.85. The first-order valence-electron chi connectivity index (χ1n) is 9.92. The van der Waals surface area contributed by atoms with Crippen LogP contribution in [0.1, 0.15) is 43.6 Å². The molecular formula is C20H25N7O2. The number of carbonyl (C=O) groups is 1. The molecule has 9 nitrogen and oxygen atoms in total. The number of benzene rings is 1. The quantitative estimate of drug-likeness (QED) is 0.654. The zero-order valence-electron chi connectivity index (χ0n) is 16.7. The van der Waals surface area contributed by atoms with Crippen LogP contribution in [0.3, 0.4) is 0 Å². The highest BCUT2D eigenvalue weighted by molar-refractivity contribution is 5.76. The number of hydrogen-bond acceptors (Lipinski definition) is 5. The molecule has 152 valence electrons. The second kappa shape index (κ2) is 8.02. The van der Waals surface area contributed by atoms with Crippen LogP contribution in [-0.4, -0.2) is 47.0 Å². The summed E-state index contributed by atoms with van der Waals surface area (Å²) in [6.07, 6.45) is 7.04. The van der Waals surface area contributed by atoms with Gasteiger partial charge in [-0.1, -0.05) is 18.6 Å². The van der Waals surface area contributed by atoms with Crippen molar-refractivity contribution in [3.63, 3.8) is 0 Å². The summed E-state index contributed by atoms with van der Waals surface area (Å²) < 4.78 is 4.70. The minimum atomic E-state index is -0.187. The van der Waals surface area contributed by atoms with Crippen molar-refractivity contribution in [2.75, 3.05) is 7.05 Å². The monoisotopic (exact) mass is 395 g/mol. The van der Waals surface area contributed by atoms with Gasteiger partial charge in [-0.3, -0.25) is 9.36 Å². The SMILES string of the molecule is CC(c1ccc(-n2cncn2)cc1)N(C)C(=O)Cn1nc2n(c1=O)CCCCC2. The van der Waals surface area contributed by atoms with Crippen LogP contribution in [0.25, 0.3) is 5.69 Å². The molecule has 0 N–H and O–H groups in total. The fourth-order valence-corrected chi connectivity index (χ4v) is 3.65. The minimum Gasteiger partial charge on any atom is -0.337 e. The van der Waals surface area contributed by atoms with Gasteiger partial charge in [-0.05, 0) is 37.5 Å². The van der Waals surface area contributed by atoms with E-state index in [1.165, 1.54) is 11.0 Å². The van der Waals surface area contributed by atoms with Gasteiger partial charge in [0.05, 0.1) is 11.7 Å². The molecule has 0 aliphatic carbocycles. The van der Waals surface area contributed by atoms with Gasteiger partial charge in [0.2, 0.25) is 5.91 Å². The topological polar surface area (TPSA) is 90.8 Å². The Hall–Kier alpha value is -3.23. The van der Waals surface area contributed by atoms with Gasteiger partial charge >= 0.3 is 5.69 Å². The average molecular weight is 395 g/mol. The molecule has 3 heterocycles. The molecule has 1 aromatic carbocycles. The molecule has 29 heavy (non-hydrogen) atoms. The van der Waals surface area contributed by atoms with E-state index in [2.05, 4.69) is 15.2 Å². The first-order valence-corrected chi connectivity index (χ1v) is 9.92. The van der Waals surface area contributed by atoms with E-state index in [1.807, 2.05) is 31.2 Å². The van der Waals surface area contributed by atoms with Gasteiger partial charge in [0, 0.05) is 20.0 Å². The molecule has 1 aliphatic heterocycles. The van der Waals surface area contributed by atoms with E-state index in [4.69, 9.17) is 0 Å². The van der Waals surface area contributed by atoms with Crippen LogP contribution in [0.5, 0.6) is 0 Å². The van der Waals surface area contributed by atoms with Crippen LogP contribution < -0.4 is 5.69 Å². The average Bonchev–Trinajstić information content (AvgIpc) is 3.30. The number of aryl methyl sites for hydroxylation is 1. The molecule has 1 atom stereocenters. The van der Waals surface area contributed by atoms with Gasteiger partial charge in [0.1, 0.15) is 25.0 Å². The molecule has 1 amide bonds. The summed E-state index contributed by atoms with van der Waals surface area (Å²) in [5, 5.41) is 8.52. The van der Waals surface area contributed by atoms with Crippen molar-refractivity contribution in [1.82, 2.24) is 34.0 Å². The second-order valence-corrected chi connectivity index (χ2v) is 7.43. The van der Waals surface area contributed by atoms with Gasteiger partial charge in [-0.2, -0.15) is 10.2 Å². The number of nitrogens with zero attached hydrogens (tertiary/aromatic N) is 7. The van der Waals surface area contributed by atoms with Crippen molar-refractivity contribution in [3.05, 3.63) is 58.8 Å². The molecule has 1 aliphatic rings. The molecule has 0 fully saturated rings. The van der Waals surface area contributed by atoms with Crippen LogP contribution >= 0.6 is 0 Å². The first-order chi connectivity index (χ1) is 14.0. The number of amides is 1. The number of hydrogen-bond donors (Lipinski definition) is 0. The molecular weight excluding hydrogens is 370 g/mol. The molecule has 0 radical (unpaired) electrons. The van der Waals surface area contributed by atoms with Crippen LogP contribution in [0, 0.1) is 0 Å². The summed E-state index contributed by atoms with van der Waals surface area (Å²) in [4.78, 5) is 31.0. The molecule has 4 rings (SSSR count). The van der Waals surface area contributed by atoms with Gasteiger partial charge in [0.15, 0.2) is 0 Å². The Morgan fingerprint density at radius 3 is 2.72 bits per heavy atom. The number of aromatic nitrogens is 6. The van der Waals surface area contributed by atoms with E-state index in [9.17, 15) is 9.59 Å². The number of rotatable bonds is 5. The van der Waals surface area contributed by atoms with Crippen LogP contribution in [0.4, 0.5) is 0 Å². The molecule has 2 aromatic heterocycles. The molecule has 0 saturated carbocycles. The summed E-state index contributed by atoms with van der Waals surface area (Å²) >= 11 is 0. The lowest BCUT2D eigenvalue weighted by atomic mass is 10.1. The number of fused-ring (bicyclic) bond motifs is 1. The van der Waals surface area contributed by atoms with Crippen molar-refractivity contribution in [1.29, 1.82) is 0 Å². The summed E-state index contributed by atoms with van der Waals surface area (Å²) in [5.41, 5.74) is 1.71. The summed E-state index contributed by atoms with van der Waals surface area (Å²) in [6.45, 7) is 2.61. The van der Waals surface area contributed by atoms with Gasteiger partial charge in [0.25, 0.3) is 0 Å². The molecule has 0 saturated heterocycles. The third-order valence-corrected chi connectivity index (χ3v) is 5.60. The fraction of sp³-hybridized carbons (Fsp3) is 0.450. The maximum Gasteiger partial charge on any atom is 0.346 e. The van der Waals surface area contributed by atoms with E-state index in [-0.39, 0.29) is 24.2 Å². The summed E-state index contributed by atoms with van der Waals surface area (Å²) in [6, 6.07) is 7.68. The van der Waals surface area contributed by atoms with Crippen LogP contribution in [-0.2, 0) is 24.3 Å². The Kier molecular flexibility index (Phi) is 5.28. The third-order valence-electron chi connectivity index (χ3n) is 5.60. The minimum absolute atomic E-state index is 0.0449. The zero-order chi connectivity index (χ0) is 20.4. The molecule has 3 aromatic rings. The highest BCUT2D eigenvalue weighted by Gasteiger charge is 2.21. The summed E-state index contributed by atoms with van der Waals surface area (Å²) in [5.74, 6) is 0.646. The Morgan fingerprint density at radius 1 is 1.21 bits per heavy atom. The second-order valence-electron chi connectivity index (χ2n) is 7.43. The predicted octanol–water partition coefficient (Wildman–Crippen LogP) is 1.57. The van der Waals surface area contributed by atoms with Crippen molar-refractivity contribution in [2.24, 2.45) is 0 Å². The lowest BCUT2D eigenvalue weighted by Gasteiger charge is -2.25. The largest absolute Gasteiger partial charge is 0.346 e. The zero-order valence-corrected chi connectivity index (χ0v) is 16.7. The van der Waals surface area contributed by atoms with Crippen molar-refractivity contribution in [2.45, 2.75) is 51.7 Å². The van der Waals surface area contributed by atoms with Crippen LogP contribution in [0.2, 0.25) is 0 Å². The van der Waals surface area contributed by atoms with E-state index in [1.54, 1.807) is 27.5 Å². The molecule has 0 bridgehead atoms. The van der Waals surface area contributed by atoms with Crippen molar-refractivity contribution in [3.8, 4) is 5.69 Å². The van der Waals surface area contributed by atoms with E-state index in [0.29, 0.717) is 6.54 Å². The Morgan fingerprint density at radius 2 is 2.00 bits per heavy atom. The number of likely N-dealkylation sites (N-methyl/N-ethyl adjacent to an activating group) is 1. The lowest BCUT2D eigenvalue weighted by Crippen LogP contribution is -2.36. The lowest BCUT2D eigenvalue weighted by molar-refractivity contribution is -0.132. The smallest absolute Gasteiger partial charge is 0.337 e. The summed E-state index contributed by atoms with van der Waals surface area (Å²) in [7, 11) is 1.75. The normalized spacial score (nSPS) is 14.8. The first kappa shape index (κ1) is 19.1. The van der Waals surface area contributed by atoms with Crippen LogP contribution in [0.15, 0.2) is 41.7 Å². The van der Waals surface area contributed by atoms with Crippen molar-refractivity contribution >= 4 is 5.91 Å². The van der Waals surface area contributed by atoms with E-state index in [0.717, 1.165) is 42.8 Å². The van der Waals surface area contributed by atoms with Gasteiger partial charge < -0.3 is 4.90 Å². The van der Waals surface area contributed by atoms with Gasteiger partial charge in [-0.15, -0.1) is 0 Å². The maximum absolute atomic E-state index is 12.8. The number of carbonyl (C=O) groups excluding carboxylic acids is 1. The predicted molar refractivity (Wildman–Crippen MR) is 107 cm³/mol. The van der Waals surface area contributed by atoms with Gasteiger partial charge in [-0.25, -0.2) is 19.1 Å². The fourth-order valence-electron chi connectivity index (χ4n) is 3.65. The Labute approximate surface area is 168 Å². The Bertz CT molecular complexity index is 1030. The molecule has 9 heteroatoms. The highest BCUT2D eigenvalue weighted by atomic mass is 16.2. The molecule has 0 spiro atoms. The van der Waals surface area contributed by atoms with E-state index >= 15 is 0 Å². The highest BCUT2D eigenvalue weighted by Crippen LogP contribution is 2.20. The van der Waals surface area contributed by atoms with E-state index < -0.39 is 0 Å². The standard InChI is InChI=1S/C20H25N7O2/c1-15(16-7-9-17(10-8-16)27-14-21-13-22-27)24(2)19(28)12-26-20(29)25-11-5-3-4-6-18(25)23-26/h7-10,13-15H,3-6,11-12H2,1-2H3. The van der Waals surface area contributed by atoms with Crippen molar-refractivity contribution < 1.29 is 4.79 Å². The maximum atomic E-state index is 12.8. The Balaban J connectivity index is 1.46. The molecule has 1 unspecified atom stereocenters.